The molecule has 0 spiro atoms. The first-order valence-electron chi connectivity index (χ1n) is 12.7. The molecule has 0 bridgehead atoms. The Morgan fingerprint density at radius 2 is 1.84 bits per heavy atom. The number of aryl methyl sites for hydroxylation is 1. The van der Waals surface area contributed by atoms with Crippen LogP contribution in [0.15, 0.2) is 53.7 Å². The molecule has 4 aromatic rings. The summed E-state index contributed by atoms with van der Waals surface area (Å²) >= 11 is 5.88. The number of fused-ring (bicyclic) bond motifs is 1. The normalized spacial score (nSPS) is 14.5. The molecule has 3 atom stereocenters. The van der Waals surface area contributed by atoms with E-state index in [9.17, 15) is 34.8 Å². The number of hydrogen-bond acceptors (Lipinski definition) is 11. The predicted octanol–water partition coefficient (Wildman–Crippen LogP) is 0.465. The third-order valence-electron chi connectivity index (χ3n) is 7.10. The van der Waals surface area contributed by atoms with Gasteiger partial charge in [0.2, 0.25) is 5.28 Å². The number of nitrogen functional groups attached to an aromatic ring is 1. The number of benzene rings is 1. The van der Waals surface area contributed by atoms with E-state index < -0.39 is 48.5 Å². The molecule has 3 aromatic heterocycles. The van der Waals surface area contributed by atoms with Crippen molar-refractivity contribution in [3.8, 4) is 23.5 Å². The zero-order chi connectivity index (χ0) is 32.4. The van der Waals surface area contributed by atoms with Gasteiger partial charge in [-0.1, -0.05) is 30.2 Å². The minimum Gasteiger partial charge on any atom is -0.479 e. The van der Waals surface area contributed by atoms with Gasteiger partial charge in [-0.3, -0.25) is 9.36 Å². The number of aliphatic carboxylic acids is 2. The molecule has 0 unspecified atom stereocenters. The van der Waals surface area contributed by atoms with Crippen LogP contribution in [-0.4, -0.2) is 87.5 Å². The van der Waals surface area contributed by atoms with Gasteiger partial charge < -0.3 is 40.2 Å². The van der Waals surface area contributed by atoms with Crippen LogP contribution >= 0.6 is 11.6 Å². The van der Waals surface area contributed by atoms with Crippen molar-refractivity contribution in [2.24, 2.45) is 7.05 Å². The van der Waals surface area contributed by atoms with E-state index in [1.807, 2.05) is 5.92 Å². The average molecular weight is 627 g/mol. The Morgan fingerprint density at radius 1 is 1.18 bits per heavy atom. The van der Waals surface area contributed by atoms with Gasteiger partial charge in [-0.2, -0.15) is 9.97 Å². The monoisotopic (exact) mass is 626 g/mol. The SMILES string of the molecule is C#C[C@@](O)([C@@H](COC(Cc1ccc(-c2cccn(C)c2=O)cc1)(C(=O)O)C(=O)O)OC)[C@@H](O)n1cnc2c(N)nc(Cl)nc21. The molecule has 0 amide bonds. The standard InChI is InChI=1S/C28H27ClN6O9/c1-4-27(42,23(37)35-14-31-19-20(30)32-26(29)33-21(19)35)18(43-3)13-44-28(24(38)39,25(40)41)12-15-7-9-16(10-8-15)17-6-5-11-34(2)22(17)36/h1,5-11,14,18,23,37,42H,12-13H2,2-3H3,(H,38,39)(H,40,41)(H2,30,32,33)/t18-,23-,27-/m1/s1. The van der Waals surface area contributed by atoms with Crippen LogP contribution in [0, 0.1) is 12.3 Å². The number of anilines is 1. The summed E-state index contributed by atoms with van der Waals surface area (Å²) in [6.45, 7) is -0.907. The number of aliphatic hydroxyl groups is 2. The van der Waals surface area contributed by atoms with E-state index in [2.05, 4.69) is 15.0 Å². The van der Waals surface area contributed by atoms with Gasteiger partial charge in [-0.15, -0.1) is 6.42 Å². The number of imidazole rings is 1. The second-order valence-electron chi connectivity index (χ2n) is 9.73. The lowest BCUT2D eigenvalue weighted by atomic mass is 9.92. The lowest BCUT2D eigenvalue weighted by molar-refractivity contribution is -0.202. The van der Waals surface area contributed by atoms with Crippen LogP contribution in [0.3, 0.4) is 0 Å². The van der Waals surface area contributed by atoms with E-state index in [0.29, 0.717) is 11.1 Å². The molecule has 0 aliphatic rings. The van der Waals surface area contributed by atoms with Crippen molar-refractivity contribution in [3.63, 3.8) is 0 Å². The van der Waals surface area contributed by atoms with Crippen molar-refractivity contribution >= 4 is 40.5 Å². The van der Waals surface area contributed by atoms with E-state index in [1.165, 1.54) is 16.7 Å². The van der Waals surface area contributed by atoms with Gasteiger partial charge in [0.15, 0.2) is 23.3 Å². The largest absolute Gasteiger partial charge is 0.479 e. The number of pyridine rings is 1. The van der Waals surface area contributed by atoms with Gasteiger partial charge in [0.05, 0.1) is 12.9 Å². The number of aliphatic hydroxyl groups excluding tert-OH is 1. The zero-order valence-corrected chi connectivity index (χ0v) is 24.0. The summed E-state index contributed by atoms with van der Waals surface area (Å²) in [5.74, 6) is -1.82. The van der Waals surface area contributed by atoms with Gasteiger partial charge in [0.1, 0.15) is 11.6 Å². The topological polar surface area (TPSA) is 225 Å². The fraction of sp³-hybridized carbons (Fsp3) is 0.286. The number of aromatic nitrogens is 5. The molecule has 16 heteroatoms. The summed E-state index contributed by atoms with van der Waals surface area (Å²) in [4.78, 5) is 49.0. The highest BCUT2D eigenvalue weighted by Crippen LogP contribution is 2.31. The Labute approximate surface area is 254 Å². The molecule has 3 heterocycles. The maximum Gasteiger partial charge on any atom is 0.348 e. The molecule has 4 rings (SSSR count). The van der Waals surface area contributed by atoms with E-state index in [4.69, 9.17) is 33.2 Å². The Balaban J connectivity index is 1.63. The van der Waals surface area contributed by atoms with E-state index >= 15 is 0 Å². The number of methoxy groups -OCH3 is 1. The molecule has 0 radical (unpaired) electrons. The van der Waals surface area contributed by atoms with Crippen LogP contribution in [0.1, 0.15) is 11.8 Å². The second-order valence-corrected chi connectivity index (χ2v) is 10.1. The summed E-state index contributed by atoms with van der Waals surface area (Å²) < 4.78 is 13.1. The first-order valence-corrected chi connectivity index (χ1v) is 13.1. The highest BCUT2D eigenvalue weighted by atomic mass is 35.5. The van der Waals surface area contributed by atoms with Crippen molar-refractivity contribution in [2.75, 3.05) is 19.5 Å². The third-order valence-corrected chi connectivity index (χ3v) is 7.27. The first-order chi connectivity index (χ1) is 20.8. The van der Waals surface area contributed by atoms with Crippen LogP contribution in [-0.2, 0) is 32.5 Å². The number of terminal acetylenes is 1. The molecular formula is C28H27ClN6O9. The second kappa shape index (κ2) is 12.4. The molecule has 0 saturated carbocycles. The highest BCUT2D eigenvalue weighted by molar-refractivity contribution is 6.28. The van der Waals surface area contributed by atoms with Gasteiger partial charge in [0.25, 0.3) is 11.2 Å². The molecular weight excluding hydrogens is 600 g/mol. The van der Waals surface area contributed by atoms with Gasteiger partial charge in [0, 0.05) is 32.3 Å². The van der Waals surface area contributed by atoms with Crippen LogP contribution < -0.4 is 11.3 Å². The first kappa shape index (κ1) is 32.1. The number of nitrogens with two attached hydrogens (primary N) is 1. The fourth-order valence-corrected chi connectivity index (χ4v) is 4.72. The van der Waals surface area contributed by atoms with Crippen molar-refractivity contribution in [2.45, 2.75) is 30.0 Å². The Hall–Kier alpha value is -4.85. The van der Waals surface area contributed by atoms with Gasteiger partial charge in [-0.05, 0) is 34.9 Å². The number of carbonyl (C=O) groups is 2. The average Bonchev–Trinajstić information content (AvgIpc) is 3.41. The molecule has 0 saturated heterocycles. The molecule has 0 aliphatic carbocycles. The number of halogens is 1. The number of carboxylic acids is 2. The zero-order valence-electron chi connectivity index (χ0n) is 23.3. The Kier molecular flexibility index (Phi) is 9.04. The summed E-state index contributed by atoms with van der Waals surface area (Å²) in [5, 5.41) is 42.3. The lowest BCUT2D eigenvalue weighted by Crippen LogP contribution is -2.56. The number of nitrogens with zero attached hydrogens (tertiary/aromatic N) is 5. The lowest BCUT2D eigenvalue weighted by Gasteiger charge is -2.36. The van der Waals surface area contributed by atoms with Crippen molar-refractivity contribution < 1.29 is 39.5 Å². The number of carboxylic acid groups (broad SMARTS) is 2. The van der Waals surface area contributed by atoms with E-state index in [1.54, 1.807) is 37.5 Å². The molecule has 0 fully saturated rings. The molecule has 230 valence electrons. The number of ether oxygens (including phenoxy) is 2. The van der Waals surface area contributed by atoms with Crippen LogP contribution in [0.4, 0.5) is 5.82 Å². The maximum atomic E-state index is 12.5. The maximum absolute atomic E-state index is 12.5. The number of hydrogen-bond donors (Lipinski definition) is 5. The Bertz CT molecular complexity index is 1800. The van der Waals surface area contributed by atoms with Crippen LogP contribution in [0.5, 0.6) is 0 Å². The molecule has 15 nitrogen and oxygen atoms in total. The van der Waals surface area contributed by atoms with E-state index in [-0.39, 0.29) is 33.4 Å². The summed E-state index contributed by atoms with van der Waals surface area (Å²) in [7, 11) is 2.68. The molecule has 0 aliphatic heterocycles. The summed E-state index contributed by atoms with van der Waals surface area (Å²) in [6.07, 6.45) is 3.84. The van der Waals surface area contributed by atoms with Crippen molar-refractivity contribution in [1.29, 1.82) is 0 Å². The molecule has 1 aromatic carbocycles. The Morgan fingerprint density at radius 3 is 2.43 bits per heavy atom. The summed E-state index contributed by atoms with van der Waals surface area (Å²) in [6, 6.07) is 9.32. The smallest absolute Gasteiger partial charge is 0.348 e. The minimum absolute atomic E-state index is 0.0347. The fourth-order valence-electron chi connectivity index (χ4n) is 4.55. The third kappa shape index (κ3) is 5.72. The van der Waals surface area contributed by atoms with E-state index in [0.717, 1.165) is 18.0 Å². The van der Waals surface area contributed by atoms with Crippen LogP contribution in [0.2, 0.25) is 5.28 Å². The molecule has 6 N–H and O–H groups in total. The van der Waals surface area contributed by atoms with Crippen molar-refractivity contribution in [3.05, 3.63) is 70.1 Å². The number of rotatable bonds is 12. The minimum atomic E-state index is -2.88. The predicted molar refractivity (Wildman–Crippen MR) is 155 cm³/mol. The van der Waals surface area contributed by atoms with Gasteiger partial charge in [-0.25, -0.2) is 14.6 Å². The molecule has 44 heavy (non-hydrogen) atoms. The van der Waals surface area contributed by atoms with Crippen molar-refractivity contribution in [1.82, 2.24) is 24.1 Å². The quantitative estimate of drug-likeness (QED) is 0.0819. The van der Waals surface area contributed by atoms with Crippen LogP contribution in [0.25, 0.3) is 22.3 Å². The van der Waals surface area contributed by atoms with Gasteiger partial charge >= 0.3 is 11.9 Å². The summed E-state index contributed by atoms with van der Waals surface area (Å²) in [5.41, 5.74) is 1.11. The highest BCUT2D eigenvalue weighted by Gasteiger charge is 2.51.